The highest BCUT2D eigenvalue weighted by Crippen LogP contribution is 2.04. The molecule has 3 fully saturated rings. The summed E-state index contributed by atoms with van der Waals surface area (Å²) in [5.74, 6) is -0.731. The summed E-state index contributed by atoms with van der Waals surface area (Å²) in [4.78, 5) is 19.7. The number of amides is 1. The van der Waals surface area contributed by atoms with Gasteiger partial charge < -0.3 is 19.9 Å². The first kappa shape index (κ1) is 17.6. The van der Waals surface area contributed by atoms with Gasteiger partial charge in [0, 0.05) is 18.5 Å². The lowest BCUT2D eigenvalue weighted by Crippen LogP contribution is -2.12. The summed E-state index contributed by atoms with van der Waals surface area (Å²) in [5.41, 5.74) is 0.176. The Kier molecular flexibility index (Phi) is 9.74. The number of nitrogens with one attached hydrogen (secondary N) is 1. The maximum atomic E-state index is 10.1. The third-order valence-corrected chi connectivity index (χ3v) is 1.97. The Morgan fingerprint density at radius 2 is 1.89 bits per heavy atom. The van der Waals surface area contributed by atoms with Crippen LogP contribution in [0, 0.1) is 0 Å². The summed E-state index contributed by atoms with van der Waals surface area (Å²) >= 11 is 0. The van der Waals surface area contributed by atoms with E-state index in [2.05, 4.69) is 23.6 Å². The Labute approximate surface area is 113 Å². The van der Waals surface area contributed by atoms with E-state index in [-0.39, 0.29) is 11.5 Å². The van der Waals surface area contributed by atoms with Gasteiger partial charge in [0.05, 0.1) is 25.9 Å². The lowest BCUT2D eigenvalue weighted by Gasteiger charge is -1.80. The number of hydrogen-bond acceptors (Lipinski definition) is 4. The number of carbonyl (C=O) groups is 2. The molecule has 3 aliphatic rings. The van der Waals surface area contributed by atoms with Gasteiger partial charge in [0.1, 0.15) is 0 Å². The Balaban J connectivity index is 0.000000234. The van der Waals surface area contributed by atoms with Crippen LogP contribution in [-0.2, 0) is 19.1 Å². The van der Waals surface area contributed by atoms with Crippen molar-refractivity contribution < 1.29 is 24.2 Å². The summed E-state index contributed by atoms with van der Waals surface area (Å²) in [6.07, 6.45) is 2.35. The highest BCUT2D eigenvalue weighted by Gasteiger charge is 2.13. The summed E-state index contributed by atoms with van der Waals surface area (Å²) < 4.78 is 9.21. The number of aliphatic carboxylic acids is 1. The second kappa shape index (κ2) is 10.5. The Morgan fingerprint density at radius 1 is 1.47 bits per heavy atom. The predicted molar refractivity (Wildman–Crippen MR) is 70.9 cm³/mol. The summed E-state index contributed by atoms with van der Waals surface area (Å²) in [5, 5.41) is 10.6. The number of hydrogen-bond donors (Lipinski definition) is 2. The van der Waals surface area contributed by atoms with Gasteiger partial charge in [0.25, 0.3) is 0 Å². The van der Waals surface area contributed by atoms with Crippen molar-refractivity contribution in [2.75, 3.05) is 26.4 Å². The highest BCUT2D eigenvalue weighted by molar-refractivity contribution is 5.84. The molecule has 0 saturated carbocycles. The monoisotopic (exact) mass is 273 g/mol. The Hall–Kier alpha value is -1.40. The number of ether oxygens (including phenoxy) is 2. The number of epoxide rings is 2. The molecule has 3 aliphatic heterocycles. The fourth-order valence-electron chi connectivity index (χ4n) is 0.661. The van der Waals surface area contributed by atoms with E-state index in [1.807, 2.05) is 0 Å². The van der Waals surface area contributed by atoms with Crippen LogP contribution in [0.4, 0.5) is 0 Å². The van der Waals surface area contributed by atoms with Crippen LogP contribution in [0.5, 0.6) is 0 Å². The van der Waals surface area contributed by atoms with Crippen LogP contribution in [0.3, 0.4) is 0 Å². The Bertz CT molecular complexity index is 275. The molecule has 6 heteroatoms. The van der Waals surface area contributed by atoms with Crippen molar-refractivity contribution in [3.8, 4) is 0 Å². The van der Waals surface area contributed by atoms with Gasteiger partial charge in [0.2, 0.25) is 5.91 Å². The van der Waals surface area contributed by atoms with Crippen LogP contribution < -0.4 is 5.32 Å². The van der Waals surface area contributed by atoms with Gasteiger partial charge in [-0.05, 0) is 20.3 Å². The van der Waals surface area contributed by atoms with Crippen LogP contribution in [0.1, 0.15) is 26.7 Å². The third-order valence-electron chi connectivity index (χ3n) is 1.97. The SMILES string of the molecule is C1CO1.C=C(C)C(=O)O.CC1CO1.O=C1CCCN1. The third kappa shape index (κ3) is 19.1. The molecule has 0 aromatic carbocycles. The van der Waals surface area contributed by atoms with Crippen LogP contribution in [0.2, 0.25) is 0 Å². The molecule has 19 heavy (non-hydrogen) atoms. The van der Waals surface area contributed by atoms with E-state index in [9.17, 15) is 9.59 Å². The smallest absolute Gasteiger partial charge is 0.330 e. The molecular weight excluding hydrogens is 250 g/mol. The van der Waals surface area contributed by atoms with Crippen molar-refractivity contribution in [1.82, 2.24) is 5.32 Å². The van der Waals surface area contributed by atoms with E-state index in [1.54, 1.807) is 0 Å². The second-order valence-electron chi connectivity index (χ2n) is 4.30. The maximum Gasteiger partial charge on any atom is 0.330 e. The fourth-order valence-corrected chi connectivity index (χ4v) is 0.661. The van der Waals surface area contributed by atoms with Crippen molar-refractivity contribution in [1.29, 1.82) is 0 Å². The first-order chi connectivity index (χ1) is 8.93. The van der Waals surface area contributed by atoms with Gasteiger partial charge in [-0.2, -0.15) is 0 Å². The van der Waals surface area contributed by atoms with Crippen LogP contribution in [-0.4, -0.2) is 49.5 Å². The minimum Gasteiger partial charge on any atom is -0.478 e. The molecule has 3 heterocycles. The van der Waals surface area contributed by atoms with Gasteiger partial charge >= 0.3 is 5.97 Å². The van der Waals surface area contributed by atoms with E-state index >= 15 is 0 Å². The van der Waals surface area contributed by atoms with Crippen LogP contribution in [0.25, 0.3) is 0 Å². The minimum absolute atomic E-state index is 0.176. The average Bonchev–Trinajstić information content (AvgIpc) is 3.26. The predicted octanol–water partition coefficient (Wildman–Crippen LogP) is 0.965. The van der Waals surface area contributed by atoms with E-state index in [1.165, 1.54) is 6.92 Å². The molecule has 0 aliphatic carbocycles. The van der Waals surface area contributed by atoms with Gasteiger partial charge in [-0.25, -0.2) is 4.79 Å². The highest BCUT2D eigenvalue weighted by atomic mass is 16.6. The molecule has 3 saturated heterocycles. The summed E-state index contributed by atoms with van der Waals surface area (Å²) in [6.45, 7) is 10.5. The molecule has 6 nitrogen and oxygen atoms in total. The zero-order valence-electron chi connectivity index (χ0n) is 11.6. The molecule has 0 radical (unpaired) electrons. The quantitative estimate of drug-likeness (QED) is 0.548. The molecule has 110 valence electrons. The van der Waals surface area contributed by atoms with E-state index in [4.69, 9.17) is 9.84 Å². The molecule has 1 atom stereocenters. The van der Waals surface area contributed by atoms with E-state index in [0.717, 1.165) is 39.2 Å². The number of carbonyl (C=O) groups excluding carboxylic acids is 1. The molecule has 0 aromatic rings. The minimum atomic E-state index is -0.935. The van der Waals surface area contributed by atoms with E-state index in [0.29, 0.717) is 6.10 Å². The largest absolute Gasteiger partial charge is 0.478 e. The van der Waals surface area contributed by atoms with Crippen molar-refractivity contribution in [2.24, 2.45) is 0 Å². The standard InChI is InChI=1S/C4H7NO.C4H6O2.C3H6O.C2H4O/c6-4-2-1-3-5-4;1-3(2)4(5)6;1-3-2-4-3;1-2-3-1/h1-3H2,(H,5,6);1H2,2H3,(H,5,6);3H,2H2,1H3;1-2H2. The molecule has 1 unspecified atom stereocenters. The maximum absolute atomic E-state index is 10.1. The molecule has 3 rings (SSSR count). The second-order valence-corrected chi connectivity index (χ2v) is 4.30. The van der Waals surface area contributed by atoms with Crippen molar-refractivity contribution in [3.63, 3.8) is 0 Å². The van der Waals surface area contributed by atoms with Crippen molar-refractivity contribution in [3.05, 3.63) is 12.2 Å². The number of carboxylic acid groups (broad SMARTS) is 1. The average molecular weight is 273 g/mol. The molecule has 0 spiro atoms. The number of rotatable bonds is 1. The lowest BCUT2D eigenvalue weighted by atomic mass is 10.4. The van der Waals surface area contributed by atoms with E-state index < -0.39 is 5.97 Å². The van der Waals surface area contributed by atoms with Crippen molar-refractivity contribution >= 4 is 11.9 Å². The molecule has 1 amide bonds. The van der Waals surface area contributed by atoms with Gasteiger partial charge in [-0.3, -0.25) is 4.79 Å². The Morgan fingerprint density at radius 3 is 1.95 bits per heavy atom. The zero-order chi connectivity index (χ0) is 14.7. The molecular formula is C13H23NO5. The molecule has 0 bridgehead atoms. The van der Waals surface area contributed by atoms with Crippen LogP contribution >= 0.6 is 0 Å². The topological polar surface area (TPSA) is 91.5 Å². The van der Waals surface area contributed by atoms with Crippen molar-refractivity contribution in [2.45, 2.75) is 32.8 Å². The molecule has 2 N–H and O–H groups in total. The zero-order valence-corrected chi connectivity index (χ0v) is 11.6. The normalized spacial score (nSPS) is 21.2. The first-order valence-corrected chi connectivity index (χ1v) is 6.28. The lowest BCUT2D eigenvalue weighted by molar-refractivity contribution is -0.132. The van der Waals surface area contributed by atoms with Gasteiger partial charge in [0.15, 0.2) is 0 Å². The summed E-state index contributed by atoms with van der Waals surface area (Å²) in [7, 11) is 0. The molecule has 0 aromatic heterocycles. The summed E-state index contributed by atoms with van der Waals surface area (Å²) in [6, 6.07) is 0. The fraction of sp³-hybridized carbons (Fsp3) is 0.692. The van der Waals surface area contributed by atoms with Crippen LogP contribution in [0.15, 0.2) is 12.2 Å². The van der Waals surface area contributed by atoms with Gasteiger partial charge in [-0.15, -0.1) is 0 Å². The number of carboxylic acids is 1. The first-order valence-electron chi connectivity index (χ1n) is 6.28. The van der Waals surface area contributed by atoms with Gasteiger partial charge in [-0.1, -0.05) is 6.58 Å².